The molecule has 2 rings (SSSR count). The van der Waals surface area contributed by atoms with E-state index in [0.29, 0.717) is 30.2 Å². The van der Waals surface area contributed by atoms with Crippen LogP contribution in [0.3, 0.4) is 0 Å². The smallest absolute Gasteiger partial charge is 0.251 e. The maximum atomic E-state index is 13.5. The predicted octanol–water partition coefficient (Wildman–Crippen LogP) is 2.28. The number of carbonyl (C=O) groups is 1. The number of halogens is 1. The van der Waals surface area contributed by atoms with Gasteiger partial charge in [0.2, 0.25) is 0 Å². The first-order valence-corrected chi connectivity index (χ1v) is 9.15. The average Bonchev–Trinajstić information content (AvgIpc) is 2.72. The number of carbonyl (C=O) groups excluding carboxylic acids is 1. The molecule has 0 heterocycles. The van der Waals surface area contributed by atoms with Crippen molar-refractivity contribution in [2.75, 3.05) is 33.8 Å². The molecule has 1 amide bonds. The number of rotatable bonds is 8. The van der Waals surface area contributed by atoms with Gasteiger partial charge < -0.3 is 20.7 Å². The molecule has 0 saturated carbocycles. The molecule has 28 heavy (non-hydrogen) atoms. The van der Waals surface area contributed by atoms with Crippen molar-refractivity contribution in [1.29, 1.82) is 0 Å². The summed E-state index contributed by atoms with van der Waals surface area (Å²) >= 11 is 0. The lowest BCUT2D eigenvalue weighted by molar-refractivity contribution is 0.0954. The third-order valence-electron chi connectivity index (χ3n) is 4.23. The van der Waals surface area contributed by atoms with Gasteiger partial charge in [-0.05, 0) is 48.7 Å². The van der Waals surface area contributed by atoms with E-state index in [4.69, 9.17) is 4.74 Å². The second-order valence-electron chi connectivity index (χ2n) is 6.24. The fraction of sp³-hybridized carbons (Fsp3) is 0.333. The molecule has 0 bridgehead atoms. The SMILES string of the molecule is CN=C(NCCNC(=O)c1ccc(C)c(F)c1)NCCc1ccc(OC)cc1. The maximum Gasteiger partial charge on any atom is 0.251 e. The van der Waals surface area contributed by atoms with Crippen LogP contribution >= 0.6 is 0 Å². The lowest BCUT2D eigenvalue weighted by Crippen LogP contribution is -2.42. The number of aryl methyl sites for hydroxylation is 1. The first-order valence-electron chi connectivity index (χ1n) is 9.15. The second-order valence-corrected chi connectivity index (χ2v) is 6.24. The number of aliphatic imine (C=N–C) groups is 1. The van der Waals surface area contributed by atoms with Crippen molar-refractivity contribution < 1.29 is 13.9 Å². The normalized spacial score (nSPS) is 11.1. The molecule has 0 fully saturated rings. The summed E-state index contributed by atoms with van der Waals surface area (Å²) in [4.78, 5) is 16.2. The fourth-order valence-electron chi connectivity index (χ4n) is 2.53. The number of methoxy groups -OCH3 is 1. The average molecular weight is 386 g/mol. The largest absolute Gasteiger partial charge is 0.497 e. The zero-order valence-electron chi connectivity index (χ0n) is 16.5. The number of benzene rings is 2. The molecule has 0 aromatic heterocycles. The van der Waals surface area contributed by atoms with Crippen LogP contribution in [0.5, 0.6) is 5.75 Å². The Kier molecular flexibility index (Phi) is 8.27. The zero-order valence-corrected chi connectivity index (χ0v) is 16.5. The molecule has 0 aliphatic rings. The molecule has 2 aromatic carbocycles. The third kappa shape index (κ3) is 6.57. The van der Waals surface area contributed by atoms with E-state index in [9.17, 15) is 9.18 Å². The van der Waals surface area contributed by atoms with Crippen LogP contribution in [0.1, 0.15) is 21.5 Å². The van der Waals surface area contributed by atoms with E-state index in [1.807, 2.05) is 24.3 Å². The van der Waals surface area contributed by atoms with Gasteiger partial charge in [0.15, 0.2) is 5.96 Å². The Morgan fingerprint density at radius 3 is 2.36 bits per heavy atom. The highest BCUT2D eigenvalue weighted by Gasteiger charge is 2.07. The molecule has 7 heteroatoms. The van der Waals surface area contributed by atoms with Gasteiger partial charge in [-0.2, -0.15) is 0 Å². The van der Waals surface area contributed by atoms with Crippen LogP contribution in [0, 0.1) is 12.7 Å². The van der Waals surface area contributed by atoms with Gasteiger partial charge in [-0.15, -0.1) is 0 Å². The molecular formula is C21H27FN4O2. The summed E-state index contributed by atoms with van der Waals surface area (Å²) in [5.74, 6) is 0.809. The van der Waals surface area contributed by atoms with Gasteiger partial charge in [0, 0.05) is 32.2 Å². The topological polar surface area (TPSA) is 74.8 Å². The molecule has 0 saturated heterocycles. The van der Waals surface area contributed by atoms with E-state index >= 15 is 0 Å². The van der Waals surface area contributed by atoms with Crippen LogP contribution in [-0.2, 0) is 6.42 Å². The lowest BCUT2D eigenvalue weighted by Gasteiger charge is -2.12. The van der Waals surface area contributed by atoms with Gasteiger partial charge in [-0.3, -0.25) is 9.79 Å². The molecule has 0 radical (unpaired) electrons. The first kappa shape index (κ1) is 21.2. The molecule has 0 aliphatic carbocycles. The van der Waals surface area contributed by atoms with E-state index in [1.54, 1.807) is 33.2 Å². The number of hydrogen-bond acceptors (Lipinski definition) is 3. The minimum absolute atomic E-state index is 0.303. The van der Waals surface area contributed by atoms with Gasteiger partial charge in [-0.25, -0.2) is 4.39 Å². The van der Waals surface area contributed by atoms with Gasteiger partial charge in [0.1, 0.15) is 11.6 Å². The number of ether oxygens (including phenoxy) is 1. The Labute approximate surface area is 165 Å². The van der Waals surface area contributed by atoms with Crippen molar-refractivity contribution in [3.8, 4) is 5.75 Å². The Hall–Kier alpha value is -3.09. The predicted molar refractivity (Wildman–Crippen MR) is 110 cm³/mol. The van der Waals surface area contributed by atoms with E-state index < -0.39 is 0 Å². The molecule has 0 aliphatic heterocycles. The van der Waals surface area contributed by atoms with Crippen LogP contribution < -0.4 is 20.7 Å². The Balaban J connectivity index is 1.67. The standard InChI is InChI=1S/C21H27FN4O2/c1-15-4-7-17(14-19(15)22)20(27)24-12-13-26-21(23-2)25-11-10-16-5-8-18(28-3)9-6-16/h4-9,14H,10-13H2,1-3H3,(H,24,27)(H2,23,25,26). The van der Waals surface area contributed by atoms with Gasteiger partial charge in [0.05, 0.1) is 7.11 Å². The monoisotopic (exact) mass is 386 g/mol. The van der Waals surface area contributed by atoms with Crippen molar-refractivity contribution in [3.63, 3.8) is 0 Å². The van der Waals surface area contributed by atoms with Crippen molar-refractivity contribution in [2.24, 2.45) is 4.99 Å². The minimum atomic E-state index is -0.382. The van der Waals surface area contributed by atoms with E-state index in [2.05, 4.69) is 20.9 Å². The summed E-state index contributed by atoms with van der Waals surface area (Å²) < 4.78 is 18.7. The highest BCUT2D eigenvalue weighted by molar-refractivity contribution is 5.94. The summed E-state index contributed by atoms with van der Waals surface area (Å²) in [6, 6.07) is 12.4. The first-order chi connectivity index (χ1) is 13.5. The molecule has 2 aromatic rings. The molecule has 0 atom stereocenters. The molecule has 0 unspecified atom stereocenters. The van der Waals surface area contributed by atoms with Crippen LogP contribution in [-0.4, -0.2) is 45.7 Å². The zero-order chi connectivity index (χ0) is 20.4. The summed E-state index contributed by atoms with van der Waals surface area (Å²) in [5.41, 5.74) is 2.02. The summed E-state index contributed by atoms with van der Waals surface area (Å²) in [6.07, 6.45) is 0.848. The van der Waals surface area contributed by atoms with E-state index in [0.717, 1.165) is 18.7 Å². The summed E-state index contributed by atoms with van der Waals surface area (Å²) in [6.45, 7) is 3.28. The van der Waals surface area contributed by atoms with Crippen LogP contribution in [0.25, 0.3) is 0 Å². The highest BCUT2D eigenvalue weighted by atomic mass is 19.1. The van der Waals surface area contributed by atoms with Crippen LogP contribution in [0.15, 0.2) is 47.5 Å². The Bertz CT molecular complexity index is 807. The number of hydrogen-bond donors (Lipinski definition) is 3. The van der Waals surface area contributed by atoms with E-state index in [1.165, 1.54) is 11.6 Å². The summed E-state index contributed by atoms with van der Waals surface area (Å²) in [5, 5.41) is 9.11. The minimum Gasteiger partial charge on any atom is -0.497 e. The van der Waals surface area contributed by atoms with E-state index in [-0.39, 0.29) is 11.7 Å². The number of guanidine groups is 1. The molecule has 0 spiro atoms. The quantitative estimate of drug-likeness (QED) is 0.370. The molecule has 6 nitrogen and oxygen atoms in total. The molecule has 3 N–H and O–H groups in total. The number of nitrogens with zero attached hydrogens (tertiary/aromatic N) is 1. The fourth-order valence-corrected chi connectivity index (χ4v) is 2.53. The van der Waals surface area contributed by atoms with Crippen LogP contribution in [0.4, 0.5) is 4.39 Å². The highest BCUT2D eigenvalue weighted by Crippen LogP contribution is 2.11. The third-order valence-corrected chi connectivity index (χ3v) is 4.23. The van der Waals surface area contributed by atoms with Crippen molar-refractivity contribution in [2.45, 2.75) is 13.3 Å². The summed E-state index contributed by atoms with van der Waals surface area (Å²) in [7, 11) is 3.34. The van der Waals surface area contributed by atoms with Gasteiger partial charge in [-0.1, -0.05) is 18.2 Å². The van der Waals surface area contributed by atoms with Gasteiger partial charge >= 0.3 is 0 Å². The van der Waals surface area contributed by atoms with Crippen LogP contribution in [0.2, 0.25) is 0 Å². The Morgan fingerprint density at radius 1 is 1.04 bits per heavy atom. The lowest BCUT2D eigenvalue weighted by atomic mass is 10.1. The van der Waals surface area contributed by atoms with Crippen molar-refractivity contribution in [3.05, 3.63) is 65.0 Å². The van der Waals surface area contributed by atoms with Gasteiger partial charge in [0.25, 0.3) is 5.91 Å². The Morgan fingerprint density at radius 2 is 1.71 bits per heavy atom. The number of amides is 1. The van der Waals surface area contributed by atoms with Crippen molar-refractivity contribution in [1.82, 2.24) is 16.0 Å². The molecular weight excluding hydrogens is 359 g/mol. The van der Waals surface area contributed by atoms with Crippen molar-refractivity contribution >= 4 is 11.9 Å². The second kappa shape index (κ2) is 10.9. The number of nitrogens with one attached hydrogen (secondary N) is 3. The maximum absolute atomic E-state index is 13.5. The molecule has 150 valence electrons.